The molecule has 10 heteroatoms. The number of benzene rings is 4. The SMILES string of the molecule is Nc1n(CCCCCCCCn2c(N)[n+](Cc3ccccc3)c3ccccc32)c2ccccc2[n+]1Cc1ccccc1.O=C([O-])C(=O)[O-]. The zero-order valence-electron chi connectivity index (χ0n) is 27.0. The quantitative estimate of drug-likeness (QED) is 0.112. The lowest BCUT2D eigenvalue weighted by Gasteiger charge is -2.05. The van der Waals surface area contributed by atoms with Gasteiger partial charge < -0.3 is 19.8 Å². The fourth-order valence-corrected chi connectivity index (χ4v) is 6.21. The first kappa shape index (κ1) is 33.7. The highest BCUT2D eigenvalue weighted by Gasteiger charge is 2.22. The molecule has 0 fully saturated rings. The number of anilines is 2. The van der Waals surface area contributed by atoms with Crippen LogP contribution in [0.25, 0.3) is 22.1 Å². The molecule has 0 aliphatic rings. The van der Waals surface area contributed by atoms with E-state index in [0.717, 1.165) is 50.9 Å². The molecular weight excluding hydrogens is 604 g/mol. The molecule has 0 bridgehead atoms. The molecule has 0 saturated carbocycles. The number of carboxylic acid groups (broad SMARTS) is 2. The molecular formula is C38H42N6O4. The number of carboxylic acids is 2. The molecule has 0 spiro atoms. The molecule has 0 aliphatic heterocycles. The summed E-state index contributed by atoms with van der Waals surface area (Å²) in [7, 11) is 0. The summed E-state index contributed by atoms with van der Waals surface area (Å²) >= 11 is 0. The third kappa shape index (κ3) is 8.19. The summed E-state index contributed by atoms with van der Waals surface area (Å²) in [5, 5.41) is 17.9. The minimum atomic E-state index is -2.19. The summed E-state index contributed by atoms with van der Waals surface area (Å²) in [6, 6.07) is 38.2. The lowest BCUT2D eigenvalue weighted by Crippen LogP contribution is -2.42. The second-order valence-corrected chi connectivity index (χ2v) is 11.8. The van der Waals surface area contributed by atoms with E-state index in [1.165, 1.54) is 58.9 Å². The molecule has 6 aromatic rings. The number of carbonyl (C=O) groups excluding carboxylic acids is 2. The third-order valence-corrected chi connectivity index (χ3v) is 8.58. The van der Waals surface area contributed by atoms with Crippen molar-refractivity contribution in [3.05, 3.63) is 120 Å². The van der Waals surface area contributed by atoms with Gasteiger partial charge in [-0.05, 0) is 48.2 Å². The topological polar surface area (TPSA) is 150 Å². The predicted molar refractivity (Wildman–Crippen MR) is 182 cm³/mol. The number of aliphatic carboxylic acids is 2. The second kappa shape index (κ2) is 16.3. The van der Waals surface area contributed by atoms with E-state index in [4.69, 9.17) is 31.3 Å². The molecule has 2 heterocycles. The molecule has 48 heavy (non-hydrogen) atoms. The first-order chi connectivity index (χ1) is 23.3. The lowest BCUT2D eigenvalue weighted by molar-refractivity contribution is -0.648. The maximum Gasteiger partial charge on any atom is 0.356 e. The Balaban J connectivity index is 0.000000689. The van der Waals surface area contributed by atoms with Crippen molar-refractivity contribution < 1.29 is 28.9 Å². The molecule has 0 amide bonds. The van der Waals surface area contributed by atoms with Crippen molar-refractivity contribution in [2.24, 2.45) is 0 Å². The van der Waals surface area contributed by atoms with Gasteiger partial charge in [0, 0.05) is 0 Å². The van der Waals surface area contributed by atoms with Crippen LogP contribution < -0.4 is 30.8 Å². The van der Waals surface area contributed by atoms with Crippen molar-refractivity contribution >= 4 is 45.9 Å². The molecule has 0 saturated heterocycles. The first-order valence-corrected chi connectivity index (χ1v) is 16.4. The van der Waals surface area contributed by atoms with Crippen molar-refractivity contribution in [2.45, 2.75) is 64.7 Å². The monoisotopic (exact) mass is 646 g/mol. The Labute approximate surface area is 280 Å². The van der Waals surface area contributed by atoms with E-state index in [2.05, 4.69) is 127 Å². The van der Waals surface area contributed by atoms with Gasteiger partial charge in [-0.1, -0.05) is 111 Å². The lowest BCUT2D eigenvalue weighted by atomic mass is 10.1. The van der Waals surface area contributed by atoms with Crippen LogP contribution >= 0.6 is 0 Å². The zero-order valence-corrected chi connectivity index (χ0v) is 27.0. The Morgan fingerprint density at radius 2 is 0.833 bits per heavy atom. The molecule has 0 atom stereocenters. The summed E-state index contributed by atoms with van der Waals surface area (Å²) < 4.78 is 9.07. The van der Waals surface area contributed by atoms with Gasteiger partial charge in [0.05, 0.1) is 38.1 Å². The molecule has 6 rings (SSSR count). The minimum Gasteiger partial charge on any atom is -0.543 e. The molecule has 4 N–H and O–H groups in total. The Hall–Kier alpha value is -5.64. The van der Waals surface area contributed by atoms with Crippen molar-refractivity contribution in [2.75, 3.05) is 11.5 Å². The van der Waals surface area contributed by atoms with E-state index >= 15 is 0 Å². The average molecular weight is 647 g/mol. The number of imidazole rings is 2. The number of nitrogens with two attached hydrogens (primary N) is 2. The van der Waals surface area contributed by atoms with Crippen LogP contribution in [-0.2, 0) is 35.8 Å². The van der Waals surface area contributed by atoms with Crippen molar-refractivity contribution in [1.82, 2.24) is 9.13 Å². The average Bonchev–Trinajstić information content (AvgIpc) is 3.52. The first-order valence-electron chi connectivity index (χ1n) is 16.4. The fraction of sp³-hybridized carbons (Fsp3) is 0.263. The number of nitrogens with zero attached hydrogens (tertiary/aromatic N) is 4. The number of unbranched alkanes of at least 4 members (excludes halogenated alkanes) is 5. The van der Waals surface area contributed by atoms with Gasteiger partial charge >= 0.3 is 11.9 Å². The normalized spacial score (nSPS) is 11.0. The van der Waals surface area contributed by atoms with Gasteiger partial charge in [-0.2, -0.15) is 0 Å². The summed E-state index contributed by atoms with van der Waals surface area (Å²) in [5.41, 5.74) is 20.8. The fourth-order valence-electron chi connectivity index (χ4n) is 6.21. The number of para-hydroxylation sites is 4. The Bertz CT molecular complexity index is 1820. The van der Waals surface area contributed by atoms with Crippen LogP contribution in [-0.4, -0.2) is 21.1 Å². The number of aryl methyl sites for hydroxylation is 2. The van der Waals surface area contributed by atoms with Gasteiger partial charge in [0.15, 0.2) is 0 Å². The zero-order chi connectivity index (χ0) is 33.9. The molecule has 2 aromatic heterocycles. The maximum absolute atomic E-state index is 8.93. The van der Waals surface area contributed by atoms with Crippen molar-refractivity contribution in [3.63, 3.8) is 0 Å². The van der Waals surface area contributed by atoms with Crippen LogP contribution in [0.1, 0.15) is 49.7 Å². The van der Waals surface area contributed by atoms with Crippen LogP contribution in [0.3, 0.4) is 0 Å². The second-order valence-electron chi connectivity index (χ2n) is 11.8. The number of hydrogen-bond donors (Lipinski definition) is 2. The third-order valence-electron chi connectivity index (χ3n) is 8.58. The molecule has 0 aliphatic carbocycles. The Morgan fingerprint density at radius 3 is 1.21 bits per heavy atom. The van der Waals surface area contributed by atoms with E-state index in [1.807, 2.05) is 0 Å². The minimum absolute atomic E-state index is 0.785. The number of hydrogen-bond acceptors (Lipinski definition) is 6. The largest absolute Gasteiger partial charge is 0.543 e. The highest BCUT2D eigenvalue weighted by molar-refractivity contribution is 6.25. The van der Waals surface area contributed by atoms with Gasteiger partial charge in [-0.3, -0.25) is 11.5 Å². The predicted octanol–water partition coefficient (Wildman–Crippen LogP) is 2.96. The highest BCUT2D eigenvalue weighted by atomic mass is 16.4. The highest BCUT2D eigenvalue weighted by Crippen LogP contribution is 2.20. The van der Waals surface area contributed by atoms with Crippen LogP contribution in [0.15, 0.2) is 109 Å². The van der Waals surface area contributed by atoms with Gasteiger partial charge in [-0.25, -0.2) is 18.3 Å². The molecule has 0 unspecified atom stereocenters. The maximum atomic E-state index is 8.93. The van der Waals surface area contributed by atoms with Crippen LogP contribution in [0.5, 0.6) is 0 Å². The number of aromatic nitrogens is 4. The van der Waals surface area contributed by atoms with Crippen LogP contribution in [0, 0.1) is 0 Å². The molecule has 0 radical (unpaired) electrons. The molecule has 248 valence electrons. The standard InChI is InChI=1S/C36H40N6.C2H2O4/c37-35-39(31-21-11-13-23-33(31)41(35)27-29-17-7-5-8-18-29)25-15-3-1-2-4-16-26-40-32-22-12-14-24-34(32)42(36(40)38)28-30-19-9-6-10-20-30;3-1(4)2(5)6/h5-14,17-24,37-38H,1-4,15-16,25-28H2;(H,3,4)(H,5,6). The van der Waals surface area contributed by atoms with Crippen LogP contribution in [0.4, 0.5) is 11.9 Å². The van der Waals surface area contributed by atoms with E-state index < -0.39 is 11.9 Å². The number of rotatable bonds is 13. The van der Waals surface area contributed by atoms with Gasteiger partial charge in [-0.15, -0.1) is 0 Å². The van der Waals surface area contributed by atoms with Gasteiger partial charge in [0.25, 0.3) is 0 Å². The summed E-state index contributed by atoms with van der Waals surface area (Å²) in [6.45, 7) is 3.46. The summed E-state index contributed by atoms with van der Waals surface area (Å²) in [4.78, 5) is 17.9. The van der Waals surface area contributed by atoms with Crippen molar-refractivity contribution in [3.8, 4) is 0 Å². The van der Waals surface area contributed by atoms with Crippen molar-refractivity contribution in [1.29, 1.82) is 0 Å². The smallest absolute Gasteiger partial charge is 0.356 e. The number of fused-ring (bicyclic) bond motifs is 2. The number of carbonyl (C=O) groups is 2. The summed E-state index contributed by atoms with van der Waals surface area (Å²) in [6.07, 6.45) is 7.14. The number of nitrogen functional groups attached to an aromatic ring is 2. The van der Waals surface area contributed by atoms with E-state index in [0.29, 0.717) is 0 Å². The Morgan fingerprint density at radius 1 is 0.500 bits per heavy atom. The van der Waals surface area contributed by atoms with E-state index in [-0.39, 0.29) is 0 Å². The van der Waals surface area contributed by atoms with Crippen LogP contribution in [0.2, 0.25) is 0 Å². The van der Waals surface area contributed by atoms with Gasteiger partial charge in [0.1, 0.15) is 22.1 Å². The summed E-state index contributed by atoms with van der Waals surface area (Å²) in [5.74, 6) is -2.70. The Kier molecular flexibility index (Phi) is 11.4. The molecule has 10 nitrogen and oxygen atoms in total. The van der Waals surface area contributed by atoms with E-state index in [1.54, 1.807) is 0 Å². The van der Waals surface area contributed by atoms with Gasteiger partial charge in [0.2, 0.25) is 0 Å². The molecule has 4 aromatic carbocycles. The van der Waals surface area contributed by atoms with E-state index in [9.17, 15) is 0 Å².